The molecule has 2 rings (SSSR count). The van der Waals surface area contributed by atoms with Crippen molar-refractivity contribution >= 4 is 5.82 Å². The fourth-order valence-corrected chi connectivity index (χ4v) is 1.61. The summed E-state index contributed by atoms with van der Waals surface area (Å²) < 4.78 is 0. The first kappa shape index (κ1) is 7.54. The van der Waals surface area contributed by atoms with Gasteiger partial charge in [0.2, 0.25) is 0 Å². The third-order valence-electron chi connectivity index (χ3n) is 2.23. The van der Waals surface area contributed by atoms with Crippen LogP contribution >= 0.6 is 0 Å². The molecule has 1 saturated carbocycles. The second kappa shape index (κ2) is 2.75. The highest BCUT2D eigenvalue weighted by atomic mass is 16.3. The van der Waals surface area contributed by atoms with Crippen LogP contribution in [0.25, 0.3) is 0 Å². The average molecular weight is 168 g/mol. The Morgan fingerprint density at radius 2 is 2.42 bits per heavy atom. The Bertz CT molecular complexity index is 272. The van der Waals surface area contributed by atoms with E-state index >= 15 is 0 Å². The molecule has 66 valence electrons. The molecular formula is C7H12N4O. The fraction of sp³-hybridized carbons (Fsp3) is 0.714. The number of nitrogens with two attached hydrogens (primary N) is 1. The van der Waals surface area contributed by atoms with Gasteiger partial charge >= 0.3 is 0 Å². The summed E-state index contributed by atoms with van der Waals surface area (Å²) >= 11 is 0. The molecule has 0 aromatic carbocycles. The fourth-order valence-electron chi connectivity index (χ4n) is 1.61. The van der Waals surface area contributed by atoms with Gasteiger partial charge < -0.3 is 10.8 Å². The number of aliphatic hydroxyl groups excluding tert-OH is 1. The Kier molecular flexibility index (Phi) is 1.73. The van der Waals surface area contributed by atoms with E-state index < -0.39 is 0 Å². The van der Waals surface area contributed by atoms with Crippen molar-refractivity contribution < 1.29 is 5.11 Å². The Hall–Kier alpha value is -1.10. The quantitative estimate of drug-likeness (QED) is 0.616. The predicted octanol–water partition coefficient (Wildman–Crippen LogP) is -0.0538. The van der Waals surface area contributed by atoms with Crippen LogP contribution in [0.1, 0.15) is 25.3 Å². The number of aromatic nitrogens is 3. The first-order chi connectivity index (χ1) is 5.75. The van der Waals surface area contributed by atoms with Crippen LogP contribution in [-0.4, -0.2) is 26.2 Å². The van der Waals surface area contributed by atoms with Crippen molar-refractivity contribution in [1.82, 2.24) is 15.0 Å². The highest BCUT2D eigenvalue weighted by Crippen LogP contribution is 2.28. The van der Waals surface area contributed by atoms with E-state index in [0.29, 0.717) is 5.82 Å². The summed E-state index contributed by atoms with van der Waals surface area (Å²) in [7, 11) is 0. The zero-order valence-electron chi connectivity index (χ0n) is 6.72. The predicted molar refractivity (Wildman–Crippen MR) is 43.3 cm³/mol. The first-order valence-electron chi connectivity index (χ1n) is 4.11. The molecule has 0 aliphatic heterocycles. The molecule has 0 bridgehead atoms. The van der Waals surface area contributed by atoms with E-state index in [1.54, 1.807) is 4.80 Å². The topological polar surface area (TPSA) is 77.0 Å². The van der Waals surface area contributed by atoms with Crippen LogP contribution in [0.15, 0.2) is 6.20 Å². The van der Waals surface area contributed by atoms with E-state index in [9.17, 15) is 5.11 Å². The molecule has 1 aromatic rings. The van der Waals surface area contributed by atoms with Crippen molar-refractivity contribution in [3.8, 4) is 0 Å². The highest BCUT2D eigenvalue weighted by Gasteiger charge is 2.25. The lowest BCUT2D eigenvalue weighted by Crippen LogP contribution is -2.10. The van der Waals surface area contributed by atoms with Gasteiger partial charge in [-0.1, -0.05) is 0 Å². The molecule has 5 nitrogen and oxygen atoms in total. The van der Waals surface area contributed by atoms with Crippen molar-refractivity contribution in [3.63, 3.8) is 0 Å². The smallest absolute Gasteiger partial charge is 0.165 e. The van der Waals surface area contributed by atoms with E-state index in [1.807, 2.05) is 0 Å². The first-order valence-corrected chi connectivity index (χ1v) is 4.11. The average Bonchev–Trinajstić information content (AvgIpc) is 2.58. The van der Waals surface area contributed by atoms with E-state index in [1.165, 1.54) is 6.20 Å². The number of nitrogen functional groups attached to an aromatic ring is 1. The zero-order valence-corrected chi connectivity index (χ0v) is 6.72. The molecular weight excluding hydrogens is 156 g/mol. The number of hydrogen-bond acceptors (Lipinski definition) is 4. The molecule has 0 radical (unpaired) electrons. The molecule has 1 aromatic heterocycles. The summed E-state index contributed by atoms with van der Waals surface area (Å²) in [6.07, 6.45) is 3.86. The maximum Gasteiger partial charge on any atom is 0.165 e. The molecule has 1 fully saturated rings. The lowest BCUT2D eigenvalue weighted by molar-refractivity contribution is 0.175. The molecule has 5 heteroatoms. The maximum atomic E-state index is 9.27. The Morgan fingerprint density at radius 1 is 1.58 bits per heavy atom. The van der Waals surface area contributed by atoms with Gasteiger partial charge in [-0.2, -0.15) is 9.90 Å². The molecule has 1 heterocycles. The summed E-state index contributed by atoms with van der Waals surface area (Å²) in [5.74, 6) is 0.441. The summed E-state index contributed by atoms with van der Waals surface area (Å²) in [5, 5.41) is 17.3. The van der Waals surface area contributed by atoms with Gasteiger partial charge in [0.25, 0.3) is 0 Å². The maximum absolute atomic E-state index is 9.27. The summed E-state index contributed by atoms with van der Waals surface area (Å²) in [5.41, 5.74) is 5.42. The minimum Gasteiger partial charge on any atom is -0.393 e. The second-order valence-electron chi connectivity index (χ2n) is 3.21. The van der Waals surface area contributed by atoms with Crippen molar-refractivity contribution in [3.05, 3.63) is 6.20 Å². The monoisotopic (exact) mass is 168 g/mol. The molecule has 0 saturated heterocycles. The standard InChI is InChI=1S/C7H12N4O/c8-7-4-9-11(10-7)5-1-2-6(12)3-5/h4-6,12H,1-3H2,(H2,8,10). The molecule has 3 N–H and O–H groups in total. The van der Waals surface area contributed by atoms with Crippen LogP contribution in [0, 0.1) is 0 Å². The van der Waals surface area contributed by atoms with Crippen LogP contribution in [0.2, 0.25) is 0 Å². The van der Waals surface area contributed by atoms with Crippen molar-refractivity contribution in [2.75, 3.05) is 5.73 Å². The van der Waals surface area contributed by atoms with E-state index in [2.05, 4.69) is 10.2 Å². The third kappa shape index (κ3) is 1.27. The second-order valence-corrected chi connectivity index (χ2v) is 3.21. The zero-order chi connectivity index (χ0) is 8.55. The lowest BCUT2D eigenvalue weighted by Gasteiger charge is -2.06. The minimum atomic E-state index is -0.192. The van der Waals surface area contributed by atoms with Crippen LogP contribution in [0.5, 0.6) is 0 Å². The highest BCUT2D eigenvalue weighted by molar-refractivity contribution is 5.19. The molecule has 1 aliphatic rings. The minimum absolute atomic E-state index is 0.192. The van der Waals surface area contributed by atoms with Crippen LogP contribution in [0.3, 0.4) is 0 Å². The van der Waals surface area contributed by atoms with Gasteiger partial charge in [0.05, 0.1) is 18.3 Å². The molecule has 0 amide bonds. The van der Waals surface area contributed by atoms with E-state index in [4.69, 9.17) is 5.73 Å². The molecule has 2 atom stereocenters. The third-order valence-corrected chi connectivity index (χ3v) is 2.23. The number of anilines is 1. The van der Waals surface area contributed by atoms with E-state index in [0.717, 1.165) is 19.3 Å². The number of hydrogen-bond donors (Lipinski definition) is 2. The van der Waals surface area contributed by atoms with Crippen molar-refractivity contribution in [2.24, 2.45) is 0 Å². The van der Waals surface area contributed by atoms with Gasteiger partial charge in [0.1, 0.15) is 0 Å². The molecule has 0 spiro atoms. The number of aliphatic hydroxyl groups is 1. The molecule has 12 heavy (non-hydrogen) atoms. The van der Waals surface area contributed by atoms with Crippen molar-refractivity contribution in [2.45, 2.75) is 31.4 Å². The SMILES string of the molecule is Nc1cnn(C2CCC(O)C2)n1. The van der Waals surface area contributed by atoms with Crippen LogP contribution in [-0.2, 0) is 0 Å². The van der Waals surface area contributed by atoms with Gasteiger partial charge in [-0.15, -0.1) is 5.10 Å². The van der Waals surface area contributed by atoms with Gasteiger partial charge in [-0.3, -0.25) is 0 Å². The molecule has 2 unspecified atom stereocenters. The van der Waals surface area contributed by atoms with Crippen LogP contribution in [0.4, 0.5) is 5.82 Å². The normalized spacial score (nSPS) is 29.4. The Morgan fingerprint density at radius 3 is 2.92 bits per heavy atom. The summed E-state index contributed by atoms with van der Waals surface area (Å²) in [6, 6.07) is 0.234. The van der Waals surface area contributed by atoms with Gasteiger partial charge in [-0.05, 0) is 19.3 Å². The van der Waals surface area contributed by atoms with E-state index in [-0.39, 0.29) is 12.1 Å². The van der Waals surface area contributed by atoms with Gasteiger partial charge in [-0.25, -0.2) is 0 Å². The van der Waals surface area contributed by atoms with Gasteiger partial charge in [0.15, 0.2) is 5.82 Å². The number of nitrogens with zero attached hydrogens (tertiary/aromatic N) is 3. The van der Waals surface area contributed by atoms with Gasteiger partial charge in [0, 0.05) is 0 Å². The Labute approximate surface area is 70.2 Å². The molecule has 1 aliphatic carbocycles. The van der Waals surface area contributed by atoms with Crippen molar-refractivity contribution in [1.29, 1.82) is 0 Å². The Balaban J connectivity index is 2.11. The largest absolute Gasteiger partial charge is 0.393 e. The summed E-state index contributed by atoms with van der Waals surface area (Å²) in [4.78, 5) is 1.60. The number of rotatable bonds is 1. The van der Waals surface area contributed by atoms with Crippen LogP contribution < -0.4 is 5.73 Å². The summed E-state index contributed by atoms with van der Waals surface area (Å²) in [6.45, 7) is 0. The lowest BCUT2D eigenvalue weighted by atomic mass is 10.3.